The molecule has 0 atom stereocenters. The van der Waals surface area contributed by atoms with Gasteiger partial charge in [0.15, 0.2) is 0 Å². The summed E-state index contributed by atoms with van der Waals surface area (Å²) in [5.74, 6) is 1.05. The molecular weight excluding hydrogens is 202 g/mol. The molecule has 0 amide bonds. The normalized spacial score (nSPS) is 20.8. The van der Waals surface area contributed by atoms with Crippen LogP contribution in [0.1, 0.15) is 12.5 Å². The molecule has 16 heavy (non-hydrogen) atoms. The van der Waals surface area contributed by atoms with Crippen molar-refractivity contribution in [3.05, 3.63) is 23.8 Å². The predicted molar refractivity (Wildman–Crippen MR) is 63.1 cm³/mol. The predicted octanol–water partition coefficient (Wildman–Crippen LogP) is 2.07. The van der Waals surface area contributed by atoms with Gasteiger partial charge in [0.25, 0.3) is 0 Å². The van der Waals surface area contributed by atoms with Gasteiger partial charge in [0.1, 0.15) is 5.75 Å². The van der Waals surface area contributed by atoms with Crippen molar-refractivity contribution in [1.82, 2.24) is 0 Å². The number of fused-ring (bicyclic) bond motifs is 1. The van der Waals surface area contributed by atoms with Crippen LogP contribution in [-0.4, -0.2) is 26.4 Å². The van der Waals surface area contributed by atoms with Gasteiger partial charge >= 0.3 is 0 Å². The van der Waals surface area contributed by atoms with E-state index in [1.807, 2.05) is 0 Å². The first-order valence-corrected chi connectivity index (χ1v) is 5.83. The maximum atomic E-state index is 5.48. The summed E-state index contributed by atoms with van der Waals surface area (Å²) in [5.41, 5.74) is 2.83. The van der Waals surface area contributed by atoms with Gasteiger partial charge in [0.05, 0.1) is 19.8 Å². The minimum atomic E-state index is 0.315. The molecule has 3 nitrogen and oxygen atoms in total. The van der Waals surface area contributed by atoms with E-state index < -0.39 is 0 Å². The maximum Gasteiger partial charge on any atom is 0.122 e. The first-order valence-electron chi connectivity index (χ1n) is 5.83. The Balaban J connectivity index is 1.66. The first-order chi connectivity index (χ1) is 7.75. The second-order valence-corrected chi connectivity index (χ2v) is 5.08. The summed E-state index contributed by atoms with van der Waals surface area (Å²) >= 11 is 0. The Kier molecular flexibility index (Phi) is 2.28. The number of benzene rings is 1. The average Bonchev–Trinajstić information content (AvgIpc) is 2.70. The Labute approximate surface area is 95.8 Å². The third-order valence-corrected chi connectivity index (χ3v) is 3.31. The van der Waals surface area contributed by atoms with Gasteiger partial charge in [0, 0.05) is 24.1 Å². The Morgan fingerprint density at radius 3 is 3.00 bits per heavy atom. The van der Waals surface area contributed by atoms with Gasteiger partial charge in [-0.25, -0.2) is 0 Å². The van der Waals surface area contributed by atoms with Crippen molar-refractivity contribution in [3.63, 3.8) is 0 Å². The highest BCUT2D eigenvalue weighted by Crippen LogP contribution is 2.30. The minimum Gasteiger partial charge on any atom is -0.493 e. The van der Waals surface area contributed by atoms with E-state index in [-0.39, 0.29) is 0 Å². The summed E-state index contributed by atoms with van der Waals surface area (Å²) in [6.07, 6.45) is 1.03. The molecule has 2 heterocycles. The number of hydrogen-bond acceptors (Lipinski definition) is 3. The fraction of sp³-hybridized carbons (Fsp3) is 0.538. The lowest BCUT2D eigenvalue weighted by Crippen LogP contribution is -2.45. The highest BCUT2D eigenvalue weighted by Gasteiger charge is 2.32. The molecule has 0 radical (unpaired) electrons. The van der Waals surface area contributed by atoms with Crippen molar-refractivity contribution >= 4 is 5.69 Å². The molecule has 0 saturated carbocycles. The first kappa shape index (κ1) is 9.97. The smallest absolute Gasteiger partial charge is 0.122 e. The molecule has 1 N–H and O–H groups in total. The Bertz CT molecular complexity index is 399. The summed E-state index contributed by atoms with van der Waals surface area (Å²) in [6.45, 7) is 5.79. The van der Waals surface area contributed by atoms with E-state index in [0.29, 0.717) is 5.41 Å². The molecule has 1 aromatic rings. The molecule has 0 unspecified atom stereocenters. The fourth-order valence-electron chi connectivity index (χ4n) is 2.16. The summed E-state index contributed by atoms with van der Waals surface area (Å²) < 4.78 is 10.7. The number of nitrogens with one attached hydrogen (secondary N) is 1. The third kappa shape index (κ3) is 1.76. The van der Waals surface area contributed by atoms with Gasteiger partial charge in [-0.05, 0) is 23.8 Å². The van der Waals surface area contributed by atoms with Crippen molar-refractivity contribution in [3.8, 4) is 5.75 Å². The number of anilines is 1. The lowest BCUT2D eigenvalue weighted by Gasteiger charge is -2.38. The standard InChI is InChI=1S/C13H17NO2/c1-13(8-15-9-13)7-14-11-2-3-12-10(6-11)4-5-16-12/h2-3,6,14H,4-5,7-9H2,1H3. The van der Waals surface area contributed by atoms with Crippen molar-refractivity contribution < 1.29 is 9.47 Å². The number of rotatable bonds is 3. The van der Waals surface area contributed by atoms with Crippen LogP contribution in [0.4, 0.5) is 5.69 Å². The summed E-state index contributed by atoms with van der Waals surface area (Å²) in [7, 11) is 0. The molecular formula is C13H17NO2. The molecule has 0 spiro atoms. The molecule has 2 aliphatic rings. The average molecular weight is 219 g/mol. The van der Waals surface area contributed by atoms with Crippen LogP contribution in [0.3, 0.4) is 0 Å². The van der Waals surface area contributed by atoms with E-state index in [0.717, 1.165) is 38.5 Å². The molecule has 86 valence electrons. The van der Waals surface area contributed by atoms with Crippen molar-refractivity contribution in [1.29, 1.82) is 0 Å². The molecule has 1 aromatic carbocycles. The monoisotopic (exact) mass is 219 g/mol. The number of ether oxygens (including phenoxy) is 2. The lowest BCUT2D eigenvalue weighted by atomic mass is 9.88. The van der Waals surface area contributed by atoms with E-state index >= 15 is 0 Å². The molecule has 1 fully saturated rings. The van der Waals surface area contributed by atoms with Crippen LogP contribution in [0.5, 0.6) is 5.75 Å². The highest BCUT2D eigenvalue weighted by atomic mass is 16.5. The largest absolute Gasteiger partial charge is 0.493 e. The zero-order chi connectivity index (χ0) is 11.0. The second kappa shape index (κ2) is 3.67. The van der Waals surface area contributed by atoms with Crippen LogP contribution in [0.15, 0.2) is 18.2 Å². The van der Waals surface area contributed by atoms with E-state index in [1.54, 1.807) is 0 Å². The Morgan fingerprint density at radius 2 is 2.25 bits per heavy atom. The highest BCUT2D eigenvalue weighted by molar-refractivity contribution is 5.52. The molecule has 0 aliphatic carbocycles. The van der Waals surface area contributed by atoms with Gasteiger partial charge in [-0.1, -0.05) is 6.92 Å². The van der Waals surface area contributed by atoms with Gasteiger partial charge < -0.3 is 14.8 Å². The quantitative estimate of drug-likeness (QED) is 0.844. The van der Waals surface area contributed by atoms with Gasteiger partial charge in [-0.15, -0.1) is 0 Å². The van der Waals surface area contributed by atoms with Crippen molar-refractivity contribution in [2.45, 2.75) is 13.3 Å². The van der Waals surface area contributed by atoms with Crippen LogP contribution in [0.25, 0.3) is 0 Å². The van der Waals surface area contributed by atoms with Crippen LogP contribution in [0, 0.1) is 5.41 Å². The van der Waals surface area contributed by atoms with Crippen LogP contribution in [-0.2, 0) is 11.2 Å². The van der Waals surface area contributed by atoms with E-state index in [9.17, 15) is 0 Å². The van der Waals surface area contributed by atoms with Crippen LogP contribution in [0.2, 0.25) is 0 Å². The van der Waals surface area contributed by atoms with Crippen LogP contribution < -0.4 is 10.1 Å². The minimum absolute atomic E-state index is 0.315. The summed E-state index contributed by atoms with van der Waals surface area (Å²) in [5, 5.41) is 3.48. The van der Waals surface area contributed by atoms with Crippen molar-refractivity contribution in [2.75, 3.05) is 31.7 Å². The van der Waals surface area contributed by atoms with Gasteiger partial charge in [-0.2, -0.15) is 0 Å². The zero-order valence-electron chi connectivity index (χ0n) is 9.58. The molecule has 3 rings (SSSR count). The van der Waals surface area contributed by atoms with Crippen LogP contribution >= 0.6 is 0 Å². The van der Waals surface area contributed by atoms with E-state index in [2.05, 4.69) is 30.4 Å². The molecule has 0 aromatic heterocycles. The zero-order valence-corrected chi connectivity index (χ0v) is 9.58. The molecule has 0 bridgehead atoms. The van der Waals surface area contributed by atoms with E-state index in [1.165, 1.54) is 11.3 Å². The Morgan fingerprint density at radius 1 is 1.38 bits per heavy atom. The van der Waals surface area contributed by atoms with Gasteiger partial charge in [0.2, 0.25) is 0 Å². The van der Waals surface area contributed by atoms with E-state index in [4.69, 9.17) is 9.47 Å². The Hall–Kier alpha value is -1.22. The molecule has 3 heteroatoms. The summed E-state index contributed by atoms with van der Waals surface area (Å²) in [6, 6.07) is 6.35. The SMILES string of the molecule is CC1(CNc2ccc3c(c2)CCO3)COC1. The second-order valence-electron chi connectivity index (χ2n) is 5.08. The topological polar surface area (TPSA) is 30.5 Å². The summed E-state index contributed by atoms with van der Waals surface area (Å²) in [4.78, 5) is 0. The van der Waals surface area contributed by atoms with Crippen molar-refractivity contribution in [2.24, 2.45) is 5.41 Å². The maximum absolute atomic E-state index is 5.48. The number of hydrogen-bond donors (Lipinski definition) is 1. The molecule has 1 saturated heterocycles. The molecule has 2 aliphatic heterocycles. The fourth-order valence-corrected chi connectivity index (χ4v) is 2.16. The lowest BCUT2D eigenvalue weighted by molar-refractivity contribution is -0.0924. The van der Waals surface area contributed by atoms with Gasteiger partial charge in [-0.3, -0.25) is 0 Å². The third-order valence-electron chi connectivity index (χ3n) is 3.31.